The molecule has 0 aromatic carbocycles. The van der Waals surface area contributed by atoms with Crippen molar-refractivity contribution in [2.45, 2.75) is 0 Å². The predicted octanol–water partition coefficient (Wildman–Crippen LogP) is -0.654. The molecule has 0 nitrogen and oxygen atoms in total. The van der Waals surface area contributed by atoms with Crippen LogP contribution in [0.4, 0.5) is 0 Å². The summed E-state index contributed by atoms with van der Waals surface area (Å²) in [7, 11) is 0. The fourth-order valence-corrected chi connectivity index (χ4v) is 0. The average Bonchev–Trinajstić information content (AvgIpc) is 0. The second-order valence-electron chi connectivity index (χ2n) is 0. The fraction of sp³-hybridized carbons (Fsp3) is 0. The molecule has 0 N–H and O–H groups in total. The molecule has 0 aliphatic heterocycles. The molecule has 0 atom stereocenters. The molecule has 5 radical (unpaired) electrons. The van der Waals surface area contributed by atoms with Crippen molar-refractivity contribution >= 4 is 60.4 Å². The zero-order valence-corrected chi connectivity index (χ0v) is 8.91. The summed E-state index contributed by atoms with van der Waals surface area (Å²) in [6.45, 7) is 0. The molecule has 5 heteroatoms. The first kappa shape index (κ1) is 44.9. The van der Waals surface area contributed by atoms with Gasteiger partial charge in [0.25, 0.3) is 0 Å². The SMILES string of the molecule is S.[Al].[Co].[Na].[Ni]. The van der Waals surface area contributed by atoms with Gasteiger partial charge in [0.1, 0.15) is 0 Å². The number of rotatable bonds is 0. The standard InChI is InChI=1S/Al.Co.Na.Ni.H2S/h;;;;1H2. The quantitative estimate of drug-likeness (QED) is 0.457. The Kier molecular flexibility index (Phi) is 258. The summed E-state index contributed by atoms with van der Waals surface area (Å²) >= 11 is 0. The molecule has 0 aliphatic carbocycles. The zero-order chi connectivity index (χ0) is 0. The van der Waals surface area contributed by atoms with Gasteiger partial charge in [-0.25, -0.2) is 0 Å². The van der Waals surface area contributed by atoms with Crippen molar-refractivity contribution in [3.63, 3.8) is 0 Å². The van der Waals surface area contributed by atoms with Crippen LogP contribution in [0, 0.1) is 0 Å². The molecule has 5 heavy (non-hydrogen) atoms. The molecule has 0 aromatic rings. The van der Waals surface area contributed by atoms with E-state index < -0.39 is 0 Å². The summed E-state index contributed by atoms with van der Waals surface area (Å²) in [6.07, 6.45) is 0. The van der Waals surface area contributed by atoms with Gasteiger partial charge in [0, 0.05) is 80.2 Å². The van der Waals surface area contributed by atoms with E-state index in [-0.39, 0.29) is 93.7 Å². The Morgan fingerprint density at radius 1 is 1.00 bits per heavy atom. The number of hydrogen-bond acceptors (Lipinski definition) is 0. The third-order valence-corrected chi connectivity index (χ3v) is 0. The maximum absolute atomic E-state index is 0. The molecule has 0 unspecified atom stereocenters. The van der Waals surface area contributed by atoms with E-state index in [9.17, 15) is 0 Å². The minimum absolute atomic E-state index is 0. The topological polar surface area (TPSA) is 0 Å². The van der Waals surface area contributed by atoms with Gasteiger partial charge in [0.15, 0.2) is 0 Å². The van der Waals surface area contributed by atoms with Gasteiger partial charge in [-0.3, -0.25) is 0 Å². The van der Waals surface area contributed by atoms with E-state index in [0.717, 1.165) is 0 Å². The smallest absolute Gasteiger partial charge is 0 e. The maximum Gasteiger partial charge on any atom is 0 e. The summed E-state index contributed by atoms with van der Waals surface area (Å²) in [5, 5.41) is 0. The van der Waals surface area contributed by atoms with Crippen molar-refractivity contribution < 1.29 is 33.3 Å². The Balaban J connectivity index is 0. The molecular weight excluding hydrogens is 200 g/mol. The first-order valence-corrected chi connectivity index (χ1v) is 0. The van der Waals surface area contributed by atoms with Crippen LogP contribution in [0.5, 0.6) is 0 Å². The van der Waals surface area contributed by atoms with E-state index >= 15 is 0 Å². The molecule has 0 bridgehead atoms. The van der Waals surface area contributed by atoms with Crippen molar-refractivity contribution in [3.05, 3.63) is 0 Å². The summed E-state index contributed by atoms with van der Waals surface area (Å²) in [4.78, 5) is 0. The molecule has 0 spiro atoms. The maximum atomic E-state index is 0. The predicted molar refractivity (Wildman–Crippen MR) is 21.9 cm³/mol. The largest absolute Gasteiger partial charge is 0.197 e. The second-order valence-corrected chi connectivity index (χ2v) is 0. The third kappa shape index (κ3) is 19.7. The van der Waals surface area contributed by atoms with E-state index in [2.05, 4.69) is 0 Å². The molecule has 0 heterocycles. The van der Waals surface area contributed by atoms with Gasteiger partial charge >= 0.3 is 0 Å². The molecule has 0 saturated carbocycles. The molecular formula is H2AlCoNaNiS. The van der Waals surface area contributed by atoms with Crippen LogP contribution in [-0.2, 0) is 33.3 Å². The minimum atomic E-state index is 0. The van der Waals surface area contributed by atoms with Crippen LogP contribution in [0.3, 0.4) is 0 Å². The molecule has 0 aromatic heterocycles. The van der Waals surface area contributed by atoms with Crippen LogP contribution >= 0.6 is 13.5 Å². The van der Waals surface area contributed by atoms with E-state index in [1.54, 1.807) is 0 Å². The first-order chi connectivity index (χ1) is 0. The zero-order valence-electron chi connectivity index (χ0n) is 2.73. The van der Waals surface area contributed by atoms with Crippen molar-refractivity contribution in [1.82, 2.24) is 0 Å². The van der Waals surface area contributed by atoms with Gasteiger partial charge in [-0.15, -0.1) is 0 Å². The second kappa shape index (κ2) is 28.7. The Labute approximate surface area is 92.2 Å². The monoisotopic (exact) mass is 201 g/mol. The summed E-state index contributed by atoms with van der Waals surface area (Å²) in [5.74, 6) is 0. The van der Waals surface area contributed by atoms with Crippen LogP contribution in [0.2, 0.25) is 0 Å². The molecule has 0 aliphatic rings. The van der Waals surface area contributed by atoms with Crippen LogP contribution in [0.25, 0.3) is 0 Å². The van der Waals surface area contributed by atoms with Gasteiger partial charge < -0.3 is 0 Å². The molecule has 0 rings (SSSR count). The van der Waals surface area contributed by atoms with Crippen LogP contribution in [-0.4, -0.2) is 46.9 Å². The Bertz CT molecular complexity index is 11.6. The van der Waals surface area contributed by atoms with Crippen LogP contribution < -0.4 is 0 Å². The van der Waals surface area contributed by atoms with Crippen molar-refractivity contribution in [2.75, 3.05) is 0 Å². The van der Waals surface area contributed by atoms with Gasteiger partial charge in [0.05, 0.1) is 0 Å². The molecule has 0 saturated heterocycles. The van der Waals surface area contributed by atoms with E-state index in [1.165, 1.54) is 0 Å². The molecule has 0 amide bonds. The summed E-state index contributed by atoms with van der Waals surface area (Å²) in [6, 6.07) is 0. The summed E-state index contributed by atoms with van der Waals surface area (Å²) < 4.78 is 0. The van der Waals surface area contributed by atoms with Crippen molar-refractivity contribution in [1.29, 1.82) is 0 Å². The Hall–Kier alpha value is 2.88. The average molecular weight is 202 g/mol. The first-order valence-electron chi connectivity index (χ1n) is 0. The summed E-state index contributed by atoms with van der Waals surface area (Å²) in [5.41, 5.74) is 0. The molecule has 31 valence electrons. The third-order valence-electron chi connectivity index (χ3n) is 0. The fourth-order valence-electron chi connectivity index (χ4n) is 0. The Morgan fingerprint density at radius 3 is 1.00 bits per heavy atom. The van der Waals surface area contributed by atoms with E-state index in [1.807, 2.05) is 0 Å². The van der Waals surface area contributed by atoms with Crippen LogP contribution in [0.15, 0.2) is 0 Å². The van der Waals surface area contributed by atoms with Gasteiger partial charge in [-0.1, -0.05) is 0 Å². The number of hydrogen-bond donors (Lipinski definition) is 0. The molecule has 0 fully saturated rings. The van der Waals surface area contributed by atoms with Gasteiger partial charge in [-0.2, -0.15) is 13.5 Å². The normalized spacial score (nSPS) is 0. The van der Waals surface area contributed by atoms with Gasteiger partial charge in [0.2, 0.25) is 0 Å². The van der Waals surface area contributed by atoms with Gasteiger partial charge in [-0.05, 0) is 0 Å². The van der Waals surface area contributed by atoms with E-state index in [0.29, 0.717) is 0 Å². The van der Waals surface area contributed by atoms with E-state index in [4.69, 9.17) is 0 Å². The minimum Gasteiger partial charge on any atom is -0.197 e. The van der Waals surface area contributed by atoms with Crippen molar-refractivity contribution in [2.24, 2.45) is 0 Å². The Morgan fingerprint density at radius 2 is 1.00 bits per heavy atom. The van der Waals surface area contributed by atoms with Crippen LogP contribution in [0.1, 0.15) is 0 Å². The van der Waals surface area contributed by atoms with Crippen molar-refractivity contribution in [3.8, 4) is 0 Å².